The number of aliphatic hydroxyl groups is 1. The van der Waals surface area contributed by atoms with Gasteiger partial charge in [0.2, 0.25) is 0 Å². The van der Waals surface area contributed by atoms with Crippen LogP contribution in [0.2, 0.25) is 5.02 Å². The molecule has 2 N–H and O–H groups in total. The van der Waals surface area contributed by atoms with Gasteiger partial charge >= 0.3 is 0 Å². The van der Waals surface area contributed by atoms with Crippen molar-refractivity contribution in [1.29, 1.82) is 0 Å². The summed E-state index contributed by atoms with van der Waals surface area (Å²) in [5.74, 6) is 0. The predicted octanol–water partition coefficient (Wildman–Crippen LogP) is 3.74. The van der Waals surface area contributed by atoms with Crippen LogP contribution in [-0.4, -0.2) is 10.1 Å². The fourth-order valence-corrected chi connectivity index (χ4v) is 2.93. The number of aromatic nitrogens is 1. The van der Waals surface area contributed by atoms with E-state index in [1.807, 2.05) is 32.2 Å². The van der Waals surface area contributed by atoms with E-state index >= 15 is 0 Å². The molecule has 2 rings (SSSR count). The molecule has 0 radical (unpaired) electrons. The summed E-state index contributed by atoms with van der Waals surface area (Å²) in [6, 6.07) is 1.81. The van der Waals surface area contributed by atoms with E-state index < -0.39 is 6.10 Å². The third-order valence-corrected chi connectivity index (χ3v) is 4.43. The SMILES string of the molecule is Cc1[nH]c(C(O)c2sccc2Cl)c(C)c1C. The Balaban J connectivity index is 2.45. The summed E-state index contributed by atoms with van der Waals surface area (Å²) in [5, 5.41) is 12.8. The molecule has 2 aromatic heterocycles. The molecule has 86 valence electrons. The molecule has 0 spiro atoms. The molecular weight excluding hydrogens is 242 g/mol. The largest absolute Gasteiger partial charge is 0.381 e. The number of aryl methyl sites for hydroxylation is 1. The van der Waals surface area contributed by atoms with Crippen LogP contribution in [0.4, 0.5) is 0 Å². The van der Waals surface area contributed by atoms with E-state index in [0.717, 1.165) is 21.8 Å². The molecule has 4 heteroatoms. The fourth-order valence-electron chi connectivity index (χ4n) is 1.78. The first-order chi connectivity index (χ1) is 7.52. The minimum Gasteiger partial charge on any atom is -0.381 e. The highest BCUT2D eigenvalue weighted by Crippen LogP contribution is 2.34. The summed E-state index contributed by atoms with van der Waals surface area (Å²) in [6.45, 7) is 6.07. The lowest BCUT2D eigenvalue weighted by Crippen LogP contribution is -2.00. The van der Waals surface area contributed by atoms with Gasteiger partial charge in [0.25, 0.3) is 0 Å². The number of rotatable bonds is 2. The van der Waals surface area contributed by atoms with Crippen molar-refractivity contribution in [2.24, 2.45) is 0 Å². The van der Waals surface area contributed by atoms with Gasteiger partial charge in [-0.05, 0) is 43.3 Å². The number of thiophene rings is 1. The summed E-state index contributed by atoms with van der Waals surface area (Å²) < 4.78 is 0. The maximum Gasteiger partial charge on any atom is 0.130 e. The summed E-state index contributed by atoms with van der Waals surface area (Å²) in [5.41, 5.74) is 4.25. The van der Waals surface area contributed by atoms with E-state index in [2.05, 4.69) is 4.98 Å². The molecule has 0 fully saturated rings. The summed E-state index contributed by atoms with van der Waals surface area (Å²) in [7, 11) is 0. The number of nitrogens with one attached hydrogen (secondary N) is 1. The monoisotopic (exact) mass is 255 g/mol. The number of H-pyrrole nitrogens is 1. The molecule has 0 aliphatic carbocycles. The Kier molecular flexibility index (Phi) is 3.10. The summed E-state index contributed by atoms with van der Waals surface area (Å²) in [4.78, 5) is 4.02. The Morgan fingerprint density at radius 1 is 1.31 bits per heavy atom. The van der Waals surface area contributed by atoms with Crippen molar-refractivity contribution in [2.45, 2.75) is 26.9 Å². The Hall–Kier alpha value is -0.770. The van der Waals surface area contributed by atoms with E-state index in [1.165, 1.54) is 16.9 Å². The zero-order chi connectivity index (χ0) is 11.9. The van der Waals surface area contributed by atoms with Gasteiger partial charge in [0.05, 0.1) is 15.6 Å². The zero-order valence-corrected chi connectivity index (χ0v) is 11.0. The van der Waals surface area contributed by atoms with Crippen LogP contribution in [0.25, 0.3) is 0 Å². The van der Waals surface area contributed by atoms with Gasteiger partial charge < -0.3 is 10.1 Å². The van der Waals surface area contributed by atoms with Gasteiger partial charge in [-0.1, -0.05) is 11.6 Å². The Morgan fingerprint density at radius 3 is 2.44 bits per heavy atom. The van der Waals surface area contributed by atoms with Crippen molar-refractivity contribution in [2.75, 3.05) is 0 Å². The number of hydrogen-bond donors (Lipinski definition) is 2. The molecule has 1 atom stereocenters. The van der Waals surface area contributed by atoms with Crippen LogP contribution in [0, 0.1) is 20.8 Å². The van der Waals surface area contributed by atoms with Crippen molar-refractivity contribution in [3.8, 4) is 0 Å². The van der Waals surface area contributed by atoms with Crippen molar-refractivity contribution in [3.05, 3.63) is 43.9 Å². The summed E-state index contributed by atoms with van der Waals surface area (Å²) >= 11 is 7.49. The highest BCUT2D eigenvalue weighted by molar-refractivity contribution is 7.10. The van der Waals surface area contributed by atoms with Crippen LogP contribution in [0.3, 0.4) is 0 Å². The number of aliphatic hydroxyl groups excluding tert-OH is 1. The first-order valence-corrected chi connectivity index (χ1v) is 6.34. The van der Waals surface area contributed by atoms with E-state index in [4.69, 9.17) is 11.6 Å². The summed E-state index contributed by atoms with van der Waals surface area (Å²) in [6.07, 6.45) is -0.653. The van der Waals surface area contributed by atoms with Crippen LogP contribution >= 0.6 is 22.9 Å². The van der Waals surface area contributed by atoms with Gasteiger partial charge in [0, 0.05) is 5.69 Å². The molecule has 0 bridgehead atoms. The number of halogens is 1. The molecule has 1 unspecified atom stereocenters. The second kappa shape index (κ2) is 4.24. The standard InChI is InChI=1S/C12H14ClNOS/c1-6-7(2)10(14-8(6)3)11(15)12-9(13)4-5-16-12/h4-5,11,14-15H,1-3H3. The van der Waals surface area contributed by atoms with Gasteiger partial charge in [-0.3, -0.25) is 0 Å². The second-order valence-corrected chi connectivity index (χ2v) is 5.30. The van der Waals surface area contributed by atoms with E-state index in [0.29, 0.717) is 5.02 Å². The highest BCUT2D eigenvalue weighted by Gasteiger charge is 2.20. The first kappa shape index (κ1) is 11.7. The normalized spacial score (nSPS) is 13.1. The highest BCUT2D eigenvalue weighted by atomic mass is 35.5. The average molecular weight is 256 g/mol. The molecule has 0 aliphatic rings. The molecule has 0 aliphatic heterocycles. The minimum absolute atomic E-state index is 0.627. The van der Waals surface area contributed by atoms with Crippen LogP contribution in [0.1, 0.15) is 33.5 Å². The maximum absolute atomic E-state index is 10.3. The van der Waals surface area contributed by atoms with Crippen LogP contribution in [0.15, 0.2) is 11.4 Å². The average Bonchev–Trinajstić information content (AvgIpc) is 2.77. The predicted molar refractivity (Wildman–Crippen MR) is 68.4 cm³/mol. The molecule has 2 aromatic rings. The number of aromatic amines is 1. The third-order valence-electron chi connectivity index (χ3n) is 3.02. The molecule has 0 aromatic carbocycles. The topological polar surface area (TPSA) is 36.0 Å². The van der Waals surface area contributed by atoms with Crippen molar-refractivity contribution in [1.82, 2.24) is 4.98 Å². The smallest absolute Gasteiger partial charge is 0.130 e. The number of hydrogen-bond acceptors (Lipinski definition) is 2. The van der Waals surface area contributed by atoms with Gasteiger partial charge in [0.15, 0.2) is 0 Å². The van der Waals surface area contributed by atoms with Gasteiger partial charge in [-0.25, -0.2) is 0 Å². The van der Waals surface area contributed by atoms with Gasteiger partial charge in [-0.2, -0.15) is 0 Å². The molecule has 16 heavy (non-hydrogen) atoms. The molecule has 0 saturated heterocycles. The van der Waals surface area contributed by atoms with Gasteiger partial charge in [-0.15, -0.1) is 11.3 Å². The maximum atomic E-state index is 10.3. The Labute approximate surface area is 104 Å². The third kappa shape index (κ3) is 1.79. The lowest BCUT2D eigenvalue weighted by molar-refractivity contribution is 0.219. The van der Waals surface area contributed by atoms with Crippen LogP contribution < -0.4 is 0 Å². The van der Waals surface area contributed by atoms with E-state index in [9.17, 15) is 5.11 Å². The Bertz CT molecular complexity index is 515. The Morgan fingerprint density at radius 2 is 2.00 bits per heavy atom. The van der Waals surface area contributed by atoms with Crippen LogP contribution in [-0.2, 0) is 0 Å². The zero-order valence-electron chi connectivity index (χ0n) is 9.47. The van der Waals surface area contributed by atoms with E-state index in [1.54, 1.807) is 0 Å². The van der Waals surface area contributed by atoms with Crippen molar-refractivity contribution >= 4 is 22.9 Å². The quantitative estimate of drug-likeness (QED) is 0.843. The molecule has 0 amide bonds. The molecule has 2 nitrogen and oxygen atoms in total. The molecular formula is C12H14ClNOS. The lowest BCUT2D eigenvalue weighted by atomic mass is 10.1. The first-order valence-electron chi connectivity index (χ1n) is 5.09. The van der Waals surface area contributed by atoms with Crippen LogP contribution in [0.5, 0.6) is 0 Å². The minimum atomic E-state index is -0.653. The lowest BCUT2D eigenvalue weighted by Gasteiger charge is -2.09. The van der Waals surface area contributed by atoms with Crippen molar-refractivity contribution < 1.29 is 5.11 Å². The molecule has 0 saturated carbocycles. The van der Waals surface area contributed by atoms with Gasteiger partial charge in [0.1, 0.15) is 6.10 Å². The second-order valence-electron chi connectivity index (χ2n) is 3.95. The van der Waals surface area contributed by atoms with E-state index in [-0.39, 0.29) is 0 Å². The molecule has 2 heterocycles. The fraction of sp³-hybridized carbons (Fsp3) is 0.333. The van der Waals surface area contributed by atoms with Crippen molar-refractivity contribution in [3.63, 3.8) is 0 Å².